The Morgan fingerprint density at radius 3 is 2.86 bits per heavy atom. The maximum atomic E-state index is 11.8. The predicted octanol–water partition coefficient (Wildman–Crippen LogP) is 2.28. The highest BCUT2D eigenvalue weighted by Gasteiger charge is 2.14. The summed E-state index contributed by atoms with van der Waals surface area (Å²) in [6, 6.07) is 8.58. The molecule has 0 spiro atoms. The first-order chi connectivity index (χ1) is 10.6. The Morgan fingerprint density at radius 2 is 2.14 bits per heavy atom. The number of amides is 1. The predicted molar refractivity (Wildman–Crippen MR) is 84.2 cm³/mol. The van der Waals surface area contributed by atoms with Gasteiger partial charge in [-0.2, -0.15) is 0 Å². The summed E-state index contributed by atoms with van der Waals surface area (Å²) in [5, 5.41) is 14.3. The fourth-order valence-electron chi connectivity index (χ4n) is 1.85. The number of nitrogens with one attached hydrogen (secondary N) is 1. The van der Waals surface area contributed by atoms with E-state index in [2.05, 4.69) is 5.32 Å². The minimum atomic E-state index is -0.713. The first-order valence-corrected chi connectivity index (χ1v) is 7.70. The molecule has 0 bridgehead atoms. The molecule has 0 saturated heterocycles. The van der Waals surface area contributed by atoms with Gasteiger partial charge in [-0.05, 0) is 36.9 Å². The van der Waals surface area contributed by atoms with Crippen LogP contribution >= 0.6 is 11.3 Å². The fraction of sp³-hybridized carbons (Fsp3) is 0.250. The van der Waals surface area contributed by atoms with Crippen LogP contribution in [-0.2, 0) is 16.0 Å². The summed E-state index contributed by atoms with van der Waals surface area (Å²) in [6.07, 6.45) is 0.746. The topological polar surface area (TPSA) is 75.6 Å². The monoisotopic (exact) mass is 319 g/mol. The number of benzene rings is 1. The van der Waals surface area contributed by atoms with Crippen LogP contribution in [0, 0.1) is 6.92 Å². The van der Waals surface area contributed by atoms with Gasteiger partial charge in [0, 0.05) is 11.4 Å². The van der Waals surface area contributed by atoms with E-state index in [0.29, 0.717) is 6.54 Å². The van der Waals surface area contributed by atoms with Crippen LogP contribution in [0.25, 0.3) is 0 Å². The molecule has 2 aromatic rings. The van der Waals surface area contributed by atoms with Gasteiger partial charge < -0.3 is 15.2 Å². The van der Waals surface area contributed by atoms with E-state index < -0.39 is 5.97 Å². The molecule has 0 radical (unpaired) electrons. The minimum Gasteiger partial charge on any atom is -0.507 e. The molecule has 6 heteroatoms. The van der Waals surface area contributed by atoms with Gasteiger partial charge in [0.05, 0.1) is 0 Å². The molecule has 0 atom stereocenters. The molecule has 0 unspecified atom stereocenters. The van der Waals surface area contributed by atoms with Gasteiger partial charge in [0.2, 0.25) is 0 Å². The Hall–Kier alpha value is -2.34. The van der Waals surface area contributed by atoms with E-state index in [1.54, 1.807) is 24.3 Å². The van der Waals surface area contributed by atoms with Crippen molar-refractivity contribution in [3.63, 3.8) is 0 Å². The summed E-state index contributed by atoms with van der Waals surface area (Å²) in [6.45, 7) is 1.93. The van der Waals surface area contributed by atoms with Crippen LogP contribution < -0.4 is 5.32 Å². The molecule has 2 rings (SSSR count). The molecule has 0 aliphatic rings. The Morgan fingerprint density at radius 1 is 1.32 bits per heavy atom. The molecular weight excluding hydrogens is 302 g/mol. The number of phenols is 1. The number of thiophene rings is 1. The smallest absolute Gasteiger partial charge is 0.342 e. The van der Waals surface area contributed by atoms with E-state index >= 15 is 0 Å². The highest BCUT2D eigenvalue weighted by Crippen LogP contribution is 2.18. The quantitative estimate of drug-likeness (QED) is 0.801. The molecule has 116 valence electrons. The van der Waals surface area contributed by atoms with Crippen LogP contribution in [0.1, 0.15) is 20.8 Å². The fourth-order valence-corrected chi connectivity index (χ4v) is 2.56. The Bertz CT molecular complexity index is 652. The number of rotatable bonds is 6. The molecule has 22 heavy (non-hydrogen) atoms. The van der Waals surface area contributed by atoms with Crippen molar-refractivity contribution in [3.8, 4) is 5.75 Å². The molecule has 5 nitrogen and oxygen atoms in total. The molecule has 0 fully saturated rings. The van der Waals surface area contributed by atoms with Gasteiger partial charge in [0.1, 0.15) is 11.3 Å². The number of aryl methyl sites for hydroxylation is 1. The Kier molecular flexibility index (Phi) is 5.55. The molecular formula is C16H17NO4S. The zero-order chi connectivity index (χ0) is 15.9. The van der Waals surface area contributed by atoms with Gasteiger partial charge in [0.25, 0.3) is 5.91 Å². The van der Waals surface area contributed by atoms with Gasteiger partial charge in [-0.1, -0.05) is 17.7 Å². The number of ether oxygens (including phenoxy) is 1. The van der Waals surface area contributed by atoms with Crippen molar-refractivity contribution in [2.75, 3.05) is 13.2 Å². The van der Waals surface area contributed by atoms with E-state index in [9.17, 15) is 14.7 Å². The third-order valence-electron chi connectivity index (χ3n) is 2.98. The number of hydrogen-bond donors (Lipinski definition) is 2. The number of esters is 1. The zero-order valence-electron chi connectivity index (χ0n) is 12.2. The maximum absolute atomic E-state index is 11.8. The highest BCUT2D eigenvalue weighted by molar-refractivity contribution is 7.09. The lowest BCUT2D eigenvalue weighted by Gasteiger charge is -2.07. The van der Waals surface area contributed by atoms with Crippen molar-refractivity contribution >= 4 is 23.2 Å². The van der Waals surface area contributed by atoms with Crippen molar-refractivity contribution in [3.05, 3.63) is 51.7 Å². The molecule has 1 amide bonds. The minimum absolute atomic E-state index is 0.0615. The summed E-state index contributed by atoms with van der Waals surface area (Å²) in [4.78, 5) is 24.6. The largest absolute Gasteiger partial charge is 0.507 e. The molecule has 1 aromatic carbocycles. The SMILES string of the molecule is Cc1ccc(O)c(C(=O)OCC(=O)NCCc2cccs2)c1. The second-order valence-corrected chi connectivity index (χ2v) is 5.81. The normalized spacial score (nSPS) is 10.2. The third kappa shape index (κ3) is 4.60. The maximum Gasteiger partial charge on any atom is 0.342 e. The molecule has 1 aromatic heterocycles. The molecule has 2 N–H and O–H groups in total. The second-order valence-electron chi connectivity index (χ2n) is 4.78. The van der Waals surface area contributed by atoms with Crippen LogP contribution in [0.15, 0.2) is 35.7 Å². The first kappa shape index (κ1) is 16.0. The molecule has 0 aliphatic carbocycles. The number of carbonyl (C=O) groups excluding carboxylic acids is 2. The van der Waals surface area contributed by atoms with Crippen molar-refractivity contribution in [1.29, 1.82) is 0 Å². The zero-order valence-corrected chi connectivity index (χ0v) is 13.0. The third-order valence-corrected chi connectivity index (χ3v) is 3.92. The van der Waals surface area contributed by atoms with Gasteiger partial charge >= 0.3 is 5.97 Å². The standard InChI is InChI=1S/C16H17NO4S/c1-11-4-5-14(18)13(9-11)16(20)21-10-15(19)17-7-6-12-3-2-8-22-12/h2-5,8-9,18H,6-7,10H2,1H3,(H,17,19). The number of carbonyl (C=O) groups is 2. The van der Waals surface area contributed by atoms with E-state index in [1.165, 1.54) is 17.0 Å². The Labute approximate surface area is 132 Å². The lowest BCUT2D eigenvalue weighted by molar-refractivity contribution is -0.124. The lowest BCUT2D eigenvalue weighted by atomic mass is 10.1. The van der Waals surface area contributed by atoms with Gasteiger partial charge in [-0.15, -0.1) is 11.3 Å². The van der Waals surface area contributed by atoms with Crippen molar-refractivity contribution in [1.82, 2.24) is 5.32 Å². The summed E-state index contributed by atoms with van der Waals surface area (Å²) >= 11 is 1.63. The number of hydrogen-bond acceptors (Lipinski definition) is 5. The van der Waals surface area contributed by atoms with Gasteiger partial charge in [-0.25, -0.2) is 4.79 Å². The van der Waals surface area contributed by atoms with Crippen LogP contribution in [0.5, 0.6) is 5.75 Å². The summed E-state index contributed by atoms with van der Waals surface area (Å²) in [7, 11) is 0. The van der Waals surface area contributed by atoms with Crippen molar-refractivity contribution < 1.29 is 19.4 Å². The molecule has 0 aliphatic heterocycles. The summed E-state index contributed by atoms with van der Waals surface area (Å²) < 4.78 is 4.91. The number of aromatic hydroxyl groups is 1. The van der Waals surface area contributed by atoms with E-state index in [-0.39, 0.29) is 23.8 Å². The number of phenolic OH excluding ortho intramolecular Hbond substituents is 1. The summed E-state index contributed by atoms with van der Waals surface area (Å²) in [5.74, 6) is -1.24. The molecule has 1 heterocycles. The van der Waals surface area contributed by atoms with Crippen LogP contribution in [0.3, 0.4) is 0 Å². The average molecular weight is 319 g/mol. The summed E-state index contributed by atoms with van der Waals surface area (Å²) in [5.41, 5.74) is 0.886. The lowest BCUT2D eigenvalue weighted by Crippen LogP contribution is -2.30. The van der Waals surface area contributed by atoms with E-state index in [1.807, 2.05) is 17.5 Å². The first-order valence-electron chi connectivity index (χ1n) is 6.82. The van der Waals surface area contributed by atoms with Gasteiger partial charge in [0.15, 0.2) is 6.61 Å². The van der Waals surface area contributed by atoms with E-state index in [0.717, 1.165) is 12.0 Å². The second kappa shape index (κ2) is 7.61. The van der Waals surface area contributed by atoms with Gasteiger partial charge in [-0.3, -0.25) is 4.79 Å². The highest BCUT2D eigenvalue weighted by atomic mass is 32.1. The van der Waals surface area contributed by atoms with Crippen LogP contribution in [0.2, 0.25) is 0 Å². The van der Waals surface area contributed by atoms with Crippen LogP contribution in [-0.4, -0.2) is 30.1 Å². The van der Waals surface area contributed by atoms with E-state index in [4.69, 9.17) is 4.74 Å². The average Bonchev–Trinajstić information content (AvgIpc) is 3.00. The van der Waals surface area contributed by atoms with Crippen molar-refractivity contribution in [2.45, 2.75) is 13.3 Å². The Balaban J connectivity index is 1.75. The van der Waals surface area contributed by atoms with Crippen molar-refractivity contribution in [2.24, 2.45) is 0 Å². The molecule has 0 saturated carbocycles. The van der Waals surface area contributed by atoms with Crippen LogP contribution in [0.4, 0.5) is 0 Å².